The summed E-state index contributed by atoms with van der Waals surface area (Å²) in [7, 11) is 1.66. The van der Waals surface area contributed by atoms with E-state index >= 15 is 0 Å². The molecular weight excluding hydrogens is 602 g/mol. The molecule has 1 unspecified atom stereocenters. The lowest BCUT2D eigenvalue weighted by Crippen LogP contribution is -2.30. The van der Waals surface area contributed by atoms with Crippen LogP contribution in [-0.2, 0) is 6.54 Å². The zero-order chi connectivity index (χ0) is 25.2. The number of methoxy groups -OCH3 is 1. The van der Waals surface area contributed by atoms with E-state index in [-0.39, 0.29) is 0 Å². The van der Waals surface area contributed by atoms with Crippen LogP contribution in [0.5, 0.6) is 5.75 Å². The summed E-state index contributed by atoms with van der Waals surface area (Å²) in [5.41, 5.74) is 9.73. The number of aliphatic hydroxyl groups is 1. The lowest BCUT2D eigenvalue weighted by molar-refractivity contribution is 0.166. The molecule has 0 aliphatic carbocycles. The standard InChI is InChI=1S/C28H25Br2N3O2S/c1-35-23-4-2-3-21(15-23)33(36-24-9-7-20(31)8-10-24)17-22(34)16-32-27-11-5-18(29)13-25(27)26-14-19(30)6-12-28(26)32/h2-15,22,34H,16-17,31H2,1H3. The van der Waals surface area contributed by atoms with Crippen LogP contribution in [0.15, 0.2) is 98.8 Å². The lowest BCUT2D eigenvalue weighted by Gasteiger charge is -2.27. The summed E-state index contributed by atoms with van der Waals surface area (Å²) < 4.78 is 11.8. The molecule has 8 heteroatoms. The second-order valence-corrected chi connectivity index (χ2v) is 11.4. The number of fused-ring (bicyclic) bond motifs is 3. The van der Waals surface area contributed by atoms with Crippen molar-refractivity contribution in [1.29, 1.82) is 0 Å². The molecule has 0 saturated carbocycles. The van der Waals surface area contributed by atoms with Gasteiger partial charge in [-0.05, 0) is 84.7 Å². The fraction of sp³-hybridized carbons (Fsp3) is 0.143. The smallest absolute Gasteiger partial charge is 0.120 e. The predicted molar refractivity (Wildman–Crippen MR) is 158 cm³/mol. The van der Waals surface area contributed by atoms with Crippen LogP contribution in [0.2, 0.25) is 0 Å². The molecule has 0 bridgehead atoms. The van der Waals surface area contributed by atoms with Gasteiger partial charge in [-0.15, -0.1) is 0 Å². The van der Waals surface area contributed by atoms with Crippen molar-refractivity contribution in [1.82, 2.24) is 4.57 Å². The number of nitrogens with zero attached hydrogens (tertiary/aromatic N) is 2. The Hall–Kier alpha value is -2.65. The van der Waals surface area contributed by atoms with E-state index in [0.717, 1.165) is 52.8 Å². The first-order valence-corrected chi connectivity index (χ1v) is 13.8. The molecule has 1 heterocycles. The molecule has 1 atom stereocenters. The van der Waals surface area contributed by atoms with E-state index in [2.05, 4.69) is 65.0 Å². The van der Waals surface area contributed by atoms with Crippen LogP contribution < -0.4 is 14.8 Å². The highest BCUT2D eigenvalue weighted by Gasteiger charge is 2.19. The Morgan fingerprint density at radius 2 is 1.56 bits per heavy atom. The largest absolute Gasteiger partial charge is 0.497 e. The topological polar surface area (TPSA) is 63.7 Å². The molecule has 0 fully saturated rings. The second kappa shape index (κ2) is 10.8. The van der Waals surface area contributed by atoms with Crippen molar-refractivity contribution in [2.24, 2.45) is 0 Å². The zero-order valence-electron chi connectivity index (χ0n) is 19.6. The molecule has 3 N–H and O–H groups in total. The Morgan fingerprint density at radius 3 is 2.17 bits per heavy atom. The highest BCUT2D eigenvalue weighted by Crippen LogP contribution is 2.35. The van der Waals surface area contributed by atoms with E-state index < -0.39 is 6.10 Å². The number of benzene rings is 4. The van der Waals surface area contributed by atoms with Gasteiger partial charge in [-0.3, -0.25) is 0 Å². The van der Waals surface area contributed by atoms with Gasteiger partial charge in [0.2, 0.25) is 0 Å². The molecule has 0 aliphatic heterocycles. The normalized spacial score (nSPS) is 12.2. The van der Waals surface area contributed by atoms with Crippen LogP contribution in [0.25, 0.3) is 21.8 Å². The number of rotatable bonds is 8. The van der Waals surface area contributed by atoms with Gasteiger partial charge in [-0.25, -0.2) is 0 Å². The minimum Gasteiger partial charge on any atom is -0.497 e. The van der Waals surface area contributed by atoms with Crippen molar-refractivity contribution in [3.05, 3.63) is 93.9 Å². The first kappa shape index (κ1) is 25.0. The molecule has 0 saturated heterocycles. The van der Waals surface area contributed by atoms with Crippen LogP contribution in [0.3, 0.4) is 0 Å². The van der Waals surface area contributed by atoms with Crippen molar-refractivity contribution < 1.29 is 9.84 Å². The average molecular weight is 627 g/mol. The predicted octanol–water partition coefficient (Wildman–Crippen LogP) is 7.49. The summed E-state index contributed by atoms with van der Waals surface area (Å²) >= 11 is 8.77. The van der Waals surface area contributed by atoms with Gasteiger partial charge in [0.05, 0.1) is 32.0 Å². The van der Waals surface area contributed by atoms with Gasteiger partial charge in [0, 0.05) is 47.4 Å². The summed E-state index contributed by atoms with van der Waals surface area (Å²) in [6, 6.07) is 28.2. The number of nitrogen functional groups attached to an aromatic ring is 1. The van der Waals surface area contributed by atoms with Gasteiger partial charge < -0.3 is 24.4 Å². The number of anilines is 2. The minimum absolute atomic E-state index is 0.413. The molecule has 1 aromatic heterocycles. The third kappa shape index (κ3) is 5.37. The maximum absolute atomic E-state index is 11.4. The van der Waals surface area contributed by atoms with E-state index in [1.807, 2.05) is 60.7 Å². The maximum Gasteiger partial charge on any atom is 0.120 e. The highest BCUT2D eigenvalue weighted by atomic mass is 79.9. The molecule has 0 aliphatic rings. The fourth-order valence-corrected chi connectivity index (χ4v) is 6.02. The van der Waals surface area contributed by atoms with Gasteiger partial charge in [-0.2, -0.15) is 0 Å². The van der Waals surface area contributed by atoms with E-state index in [1.54, 1.807) is 19.1 Å². The summed E-state index contributed by atoms with van der Waals surface area (Å²) in [6.45, 7) is 0.864. The van der Waals surface area contributed by atoms with Crippen molar-refractivity contribution in [2.45, 2.75) is 17.5 Å². The fourth-order valence-electron chi connectivity index (χ4n) is 4.32. The SMILES string of the molecule is COc1cccc(N(CC(O)Cn2c3ccc(Br)cc3c3cc(Br)ccc32)Sc2ccc(N)cc2)c1. The molecule has 184 valence electrons. The van der Waals surface area contributed by atoms with Crippen LogP contribution in [0, 0.1) is 0 Å². The van der Waals surface area contributed by atoms with Gasteiger partial charge in [0.1, 0.15) is 5.75 Å². The van der Waals surface area contributed by atoms with Gasteiger partial charge in [0.25, 0.3) is 0 Å². The van der Waals surface area contributed by atoms with Crippen LogP contribution >= 0.6 is 43.8 Å². The van der Waals surface area contributed by atoms with E-state index in [9.17, 15) is 5.11 Å². The Balaban J connectivity index is 1.48. The Labute approximate surface area is 231 Å². The van der Waals surface area contributed by atoms with Crippen LogP contribution in [0.4, 0.5) is 11.4 Å². The van der Waals surface area contributed by atoms with Gasteiger partial charge in [0.15, 0.2) is 0 Å². The number of ether oxygens (including phenoxy) is 1. The summed E-state index contributed by atoms with van der Waals surface area (Å²) in [6.07, 6.45) is -0.636. The number of hydrogen-bond donors (Lipinski definition) is 2. The van der Waals surface area contributed by atoms with Crippen LogP contribution in [0.1, 0.15) is 0 Å². The Morgan fingerprint density at radius 1 is 0.917 bits per heavy atom. The second-order valence-electron chi connectivity index (χ2n) is 8.51. The maximum atomic E-state index is 11.4. The third-order valence-electron chi connectivity index (χ3n) is 6.00. The Kier molecular flexibility index (Phi) is 7.48. The number of nitrogens with two attached hydrogens (primary N) is 1. The molecule has 0 spiro atoms. The summed E-state index contributed by atoms with van der Waals surface area (Å²) in [5, 5.41) is 13.7. The lowest BCUT2D eigenvalue weighted by atomic mass is 10.2. The number of aromatic nitrogens is 1. The van der Waals surface area contributed by atoms with Gasteiger partial charge >= 0.3 is 0 Å². The van der Waals surface area contributed by atoms with Crippen molar-refractivity contribution in [3.63, 3.8) is 0 Å². The number of hydrogen-bond acceptors (Lipinski definition) is 5. The first-order chi connectivity index (χ1) is 17.4. The molecule has 5 aromatic rings. The number of aliphatic hydroxyl groups excluding tert-OH is 1. The molecule has 0 radical (unpaired) electrons. The monoisotopic (exact) mass is 625 g/mol. The first-order valence-electron chi connectivity index (χ1n) is 11.4. The highest BCUT2D eigenvalue weighted by molar-refractivity contribution is 9.10. The molecule has 0 amide bonds. The van der Waals surface area contributed by atoms with Crippen molar-refractivity contribution in [3.8, 4) is 5.75 Å². The zero-order valence-corrected chi connectivity index (χ0v) is 23.6. The number of halogens is 2. The minimum atomic E-state index is -0.636. The van der Waals surface area contributed by atoms with Crippen LogP contribution in [-0.4, -0.2) is 29.4 Å². The van der Waals surface area contributed by atoms with Crippen molar-refractivity contribution >= 4 is 77.0 Å². The molecule has 4 aromatic carbocycles. The average Bonchev–Trinajstić information content (AvgIpc) is 3.16. The molecule has 5 rings (SSSR count). The van der Waals surface area contributed by atoms with Crippen molar-refractivity contribution in [2.75, 3.05) is 23.7 Å². The molecule has 5 nitrogen and oxygen atoms in total. The third-order valence-corrected chi connectivity index (χ3v) is 8.05. The summed E-state index contributed by atoms with van der Waals surface area (Å²) in [4.78, 5) is 1.03. The van der Waals surface area contributed by atoms with E-state index in [0.29, 0.717) is 13.1 Å². The molecular formula is C28H25Br2N3O2S. The quantitative estimate of drug-likeness (QED) is 0.138. The Bertz CT molecular complexity index is 1460. The summed E-state index contributed by atoms with van der Waals surface area (Å²) in [5.74, 6) is 0.767. The van der Waals surface area contributed by atoms with E-state index in [1.165, 1.54) is 0 Å². The van der Waals surface area contributed by atoms with Gasteiger partial charge in [-0.1, -0.05) is 37.9 Å². The van der Waals surface area contributed by atoms with E-state index in [4.69, 9.17) is 10.5 Å². The molecule has 36 heavy (non-hydrogen) atoms.